The predicted octanol–water partition coefficient (Wildman–Crippen LogP) is 8.58. The van der Waals surface area contributed by atoms with E-state index >= 15 is 0 Å². The highest BCUT2D eigenvalue weighted by Gasteiger charge is 2.11. The molecule has 3 nitrogen and oxygen atoms in total. The Morgan fingerprint density at radius 1 is 0.594 bits per heavy atom. The molecule has 0 aromatic heterocycles. The lowest BCUT2D eigenvalue weighted by molar-refractivity contribution is 0.119. The van der Waals surface area contributed by atoms with Gasteiger partial charge >= 0.3 is 0 Å². The Morgan fingerprint density at radius 2 is 0.938 bits per heavy atom. The van der Waals surface area contributed by atoms with Gasteiger partial charge in [-0.3, -0.25) is 0 Å². The number of hydrogen-bond donors (Lipinski definition) is 2. The summed E-state index contributed by atoms with van der Waals surface area (Å²) < 4.78 is 5.05. The maximum Gasteiger partial charge on any atom is 0.0707 e. The van der Waals surface area contributed by atoms with Crippen LogP contribution in [0.1, 0.15) is 155 Å². The van der Waals surface area contributed by atoms with Crippen LogP contribution in [0.25, 0.3) is 0 Å². The third kappa shape index (κ3) is 26.1. The molecule has 194 valence electrons. The molecular weight excluding hydrogens is 394 g/mol. The molecule has 0 aromatic rings. The summed E-state index contributed by atoms with van der Waals surface area (Å²) in [7, 11) is 1.76. The highest BCUT2D eigenvalue weighted by atomic mass is 16.5. The molecule has 0 bridgehead atoms. The zero-order valence-electron chi connectivity index (χ0n) is 22.3. The fourth-order valence-electron chi connectivity index (χ4n) is 4.55. The van der Waals surface area contributed by atoms with E-state index < -0.39 is 0 Å². The Hall–Kier alpha value is -0.120. The predicted molar refractivity (Wildman–Crippen MR) is 143 cm³/mol. The number of unbranched alkanes of at least 4 members (excludes halogenated alkanes) is 21. The molecule has 1 aliphatic heterocycles. The number of ether oxygens (including phenoxy) is 1. The van der Waals surface area contributed by atoms with E-state index in [9.17, 15) is 0 Å². The number of rotatable bonds is 23. The van der Waals surface area contributed by atoms with Gasteiger partial charge in [-0.25, -0.2) is 0 Å². The van der Waals surface area contributed by atoms with Crippen molar-refractivity contribution >= 4 is 0 Å². The van der Waals surface area contributed by atoms with Gasteiger partial charge < -0.3 is 15.2 Å². The maximum atomic E-state index is 8.72. The molecule has 1 rings (SSSR count). The Bertz CT molecular complexity index is 296. The summed E-state index contributed by atoms with van der Waals surface area (Å²) in [5.41, 5.74) is 0. The lowest BCUT2D eigenvalue weighted by atomic mass is 10.0. The largest absolute Gasteiger partial charge is 0.396 e. The second-order valence-corrected chi connectivity index (χ2v) is 10.00. The van der Waals surface area contributed by atoms with E-state index in [4.69, 9.17) is 9.84 Å². The number of hydrogen-bond acceptors (Lipinski definition) is 3. The summed E-state index contributed by atoms with van der Waals surface area (Å²) in [4.78, 5) is 0. The molecular formula is C29H61NO2. The van der Waals surface area contributed by atoms with Gasteiger partial charge in [0, 0.05) is 20.3 Å². The molecule has 3 heteroatoms. The molecule has 0 aromatic carbocycles. The third-order valence-electron chi connectivity index (χ3n) is 6.86. The zero-order chi connectivity index (χ0) is 23.4. The number of aliphatic hydroxyl groups excluding tert-OH is 1. The summed E-state index contributed by atoms with van der Waals surface area (Å²) in [6.45, 7) is 4.83. The van der Waals surface area contributed by atoms with Gasteiger partial charge in [0.15, 0.2) is 0 Å². The van der Waals surface area contributed by atoms with Crippen LogP contribution in [0.3, 0.4) is 0 Å². The average molecular weight is 456 g/mol. The Labute approximate surface area is 202 Å². The minimum Gasteiger partial charge on any atom is -0.396 e. The van der Waals surface area contributed by atoms with Crippen molar-refractivity contribution in [1.29, 1.82) is 0 Å². The Morgan fingerprint density at radius 3 is 1.16 bits per heavy atom. The SMILES string of the molecule is CCCCCCCCCCCCCCCCCCCCCCCCO.COC1CCNC1. The van der Waals surface area contributed by atoms with Gasteiger partial charge in [0.2, 0.25) is 0 Å². The first-order chi connectivity index (χ1) is 15.8. The number of nitrogens with one attached hydrogen (secondary N) is 1. The van der Waals surface area contributed by atoms with E-state index in [2.05, 4.69) is 12.2 Å². The monoisotopic (exact) mass is 455 g/mol. The van der Waals surface area contributed by atoms with Gasteiger partial charge in [0.05, 0.1) is 6.10 Å². The summed E-state index contributed by atoms with van der Waals surface area (Å²) in [6, 6.07) is 0. The molecule has 1 aliphatic rings. The molecule has 2 N–H and O–H groups in total. The molecule has 32 heavy (non-hydrogen) atoms. The van der Waals surface area contributed by atoms with Crippen molar-refractivity contribution in [3.8, 4) is 0 Å². The van der Waals surface area contributed by atoms with Gasteiger partial charge in [-0.05, 0) is 19.4 Å². The van der Waals surface area contributed by atoms with Gasteiger partial charge in [-0.15, -0.1) is 0 Å². The number of methoxy groups -OCH3 is 1. The molecule has 1 atom stereocenters. The van der Waals surface area contributed by atoms with Crippen LogP contribution < -0.4 is 5.32 Å². The number of aliphatic hydroxyl groups is 1. The first-order valence-corrected chi connectivity index (χ1v) is 14.7. The molecule has 0 saturated carbocycles. The van der Waals surface area contributed by atoms with Crippen molar-refractivity contribution < 1.29 is 9.84 Å². The van der Waals surface area contributed by atoms with Crippen molar-refractivity contribution in [2.24, 2.45) is 0 Å². The maximum absolute atomic E-state index is 8.72. The minimum absolute atomic E-state index is 0.374. The van der Waals surface area contributed by atoms with Gasteiger partial charge in [0.1, 0.15) is 0 Å². The molecule has 1 saturated heterocycles. The topological polar surface area (TPSA) is 41.5 Å². The van der Waals surface area contributed by atoms with E-state index in [1.54, 1.807) is 7.11 Å². The fraction of sp³-hybridized carbons (Fsp3) is 1.00. The van der Waals surface area contributed by atoms with Crippen LogP contribution in [0, 0.1) is 0 Å². The average Bonchev–Trinajstić information content (AvgIpc) is 3.35. The minimum atomic E-state index is 0.374. The van der Waals surface area contributed by atoms with Crippen molar-refractivity contribution in [3.63, 3.8) is 0 Å². The molecule has 1 heterocycles. The van der Waals surface area contributed by atoms with Crippen molar-refractivity contribution in [2.45, 2.75) is 161 Å². The van der Waals surface area contributed by atoms with Crippen LogP contribution in [-0.4, -0.2) is 38.0 Å². The van der Waals surface area contributed by atoms with Gasteiger partial charge in [-0.2, -0.15) is 0 Å². The first-order valence-electron chi connectivity index (χ1n) is 14.7. The molecule has 0 radical (unpaired) electrons. The molecule has 1 unspecified atom stereocenters. The molecule has 0 aliphatic carbocycles. The lowest BCUT2D eigenvalue weighted by Crippen LogP contribution is -2.14. The first kappa shape index (κ1) is 31.9. The second kappa shape index (κ2) is 28.9. The summed E-state index contributed by atoms with van der Waals surface area (Å²) in [6.07, 6.45) is 32.8. The normalized spacial score (nSPS) is 15.7. The summed E-state index contributed by atoms with van der Waals surface area (Å²) in [5.74, 6) is 0. The van der Waals surface area contributed by atoms with Crippen LogP contribution in [0.4, 0.5) is 0 Å². The van der Waals surface area contributed by atoms with Crippen LogP contribution in [0.5, 0.6) is 0 Å². The molecule has 0 amide bonds. The van der Waals surface area contributed by atoms with Crippen LogP contribution in [-0.2, 0) is 4.74 Å². The Balaban J connectivity index is 0.00000115. The van der Waals surface area contributed by atoms with E-state index in [1.807, 2.05) is 0 Å². The lowest BCUT2D eigenvalue weighted by Gasteiger charge is -2.04. The highest BCUT2D eigenvalue weighted by molar-refractivity contribution is 4.69. The fourth-order valence-corrected chi connectivity index (χ4v) is 4.55. The van der Waals surface area contributed by atoms with E-state index in [1.165, 1.54) is 141 Å². The van der Waals surface area contributed by atoms with Crippen LogP contribution in [0.15, 0.2) is 0 Å². The summed E-state index contributed by atoms with van der Waals surface area (Å²) >= 11 is 0. The van der Waals surface area contributed by atoms with E-state index in [0.717, 1.165) is 19.5 Å². The second-order valence-electron chi connectivity index (χ2n) is 10.00. The summed E-state index contributed by atoms with van der Waals surface area (Å²) in [5, 5.41) is 11.9. The molecule has 1 fully saturated rings. The van der Waals surface area contributed by atoms with E-state index in [0.29, 0.717) is 12.7 Å². The van der Waals surface area contributed by atoms with Gasteiger partial charge in [0.25, 0.3) is 0 Å². The van der Waals surface area contributed by atoms with Crippen molar-refractivity contribution in [1.82, 2.24) is 5.32 Å². The molecule has 0 spiro atoms. The van der Waals surface area contributed by atoms with E-state index in [-0.39, 0.29) is 0 Å². The highest BCUT2D eigenvalue weighted by Crippen LogP contribution is 2.15. The third-order valence-corrected chi connectivity index (χ3v) is 6.86. The quantitative estimate of drug-likeness (QED) is 0.152. The van der Waals surface area contributed by atoms with Gasteiger partial charge in [-0.1, -0.05) is 142 Å². The Kier molecular flexibility index (Phi) is 28.8. The zero-order valence-corrected chi connectivity index (χ0v) is 22.3. The van der Waals surface area contributed by atoms with Crippen LogP contribution in [0.2, 0.25) is 0 Å². The van der Waals surface area contributed by atoms with Crippen molar-refractivity contribution in [3.05, 3.63) is 0 Å². The standard InChI is InChI=1S/C24H50O.C5H11NO/c1-2-3-4-5-6-7-8-9-10-11-12-13-14-15-16-17-18-19-20-21-22-23-24-25;1-7-5-2-3-6-4-5/h25H,2-24H2,1H3;5-6H,2-4H2,1H3. The van der Waals surface area contributed by atoms with Crippen molar-refractivity contribution in [2.75, 3.05) is 26.8 Å². The van der Waals surface area contributed by atoms with Crippen LogP contribution >= 0.6 is 0 Å². The smallest absolute Gasteiger partial charge is 0.0707 e.